The third-order valence-corrected chi connectivity index (χ3v) is 5.79. The highest BCUT2D eigenvalue weighted by atomic mass is 16.5. The van der Waals surface area contributed by atoms with E-state index in [-0.39, 0.29) is 24.5 Å². The predicted octanol–water partition coefficient (Wildman–Crippen LogP) is 4.31. The summed E-state index contributed by atoms with van der Waals surface area (Å²) in [7, 11) is 4.76. The topological polar surface area (TPSA) is 96.2 Å². The summed E-state index contributed by atoms with van der Waals surface area (Å²) in [6.07, 6.45) is 1.38. The van der Waals surface area contributed by atoms with Gasteiger partial charge in [-0.2, -0.15) is 0 Å². The molecule has 1 aromatic heterocycles. The molecule has 1 aliphatic carbocycles. The number of furan rings is 1. The molecule has 0 aliphatic heterocycles. The molecule has 0 unspecified atom stereocenters. The molecule has 0 bridgehead atoms. The molecule has 8 heteroatoms. The standard InChI is InChI=1S/C25H27NO7/c1-13(27)26-20-7-6-15-10-22(29-3)24(30-4)25(31-5)23(15)19-9-16-8-17(12-32-14(2)28)33-21(16)11-18(19)20/h8-11,20H,6-7,12H2,1-5H3,(H,26,27)/t20-/m0/s1. The van der Waals surface area contributed by atoms with Gasteiger partial charge in [-0.05, 0) is 53.8 Å². The monoisotopic (exact) mass is 453 g/mol. The highest BCUT2D eigenvalue weighted by Gasteiger charge is 2.30. The molecule has 0 fully saturated rings. The van der Waals surface area contributed by atoms with E-state index >= 15 is 0 Å². The molecule has 174 valence electrons. The van der Waals surface area contributed by atoms with Crippen LogP contribution in [-0.2, 0) is 27.4 Å². The van der Waals surface area contributed by atoms with Gasteiger partial charge in [0.2, 0.25) is 11.7 Å². The van der Waals surface area contributed by atoms with Crippen LogP contribution in [0.5, 0.6) is 17.2 Å². The number of fused-ring (bicyclic) bond motifs is 4. The molecule has 0 spiro atoms. The average Bonchev–Trinajstić information content (AvgIpc) is 3.13. The first-order valence-electron chi connectivity index (χ1n) is 10.6. The highest BCUT2D eigenvalue weighted by molar-refractivity contribution is 5.91. The van der Waals surface area contributed by atoms with Crippen LogP contribution in [0.15, 0.2) is 28.7 Å². The van der Waals surface area contributed by atoms with Gasteiger partial charge >= 0.3 is 5.97 Å². The number of ether oxygens (including phenoxy) is 4. The van der Waals surface area contributed by atoms with Crippen molar-refractivity contribution in [3.8, 4) is 28.4 Å². The summed E-state index contributed by atoms with van der Waals surface area (Å²) >= 11 is 0. The molecule has 3 aromatic rings. The molecule has 1 aliphatic rings. The fraction of sp³-hybridized carbons (Fsp3) is 0.360. The van der Waals surface area contributed by atoms with Gasteiger partial charge in [-0.3, -0.25) is 9.59 Å². The maximum atomic E-state index is 12.0. The summed E-state index contributed by atoms with van der Waals surface area (Å²) in [6.45, 7) is 2.91. The Bertz CT molecular complexity index is 1230. The Morgan fingerprint density at radius 3 is 2.42 bits per heavy atom. The second-order valence-electron chi connectivity index (χ2n) is 7.94. The molecule has 0 saturated carbocycles. The van der Waals surface area contributed by atoms with Crippen LogP contribution in [0, 0.1) is 0 Å². The van der Waals surface area contributed by atoms with Gasteiger partial charge in [-0.15, -0.1) is 0 Å². The normalized spacial score (nSPS) is 14.6. The van der Waals surface area contributed by atoms with Crippen LogP contribution in [0.4, 0.5) is 0 Å². The number of benzene rings is 2. The summed E-state index contributed by atoms with van der Waals surface area (Å²) in [5.74, 6) is 1.70. The van der Waals surface area contributed by atoms with Crippen molar-refractivity contribution in [2.45, 2.75) is 39.3 Å². The lowest BCUT2D eigenvalue weighted by molar-refractivity contribution is -0.142. The van der Waals surface area contributed by atoms with Gasteiger partial charge in [0.1, 0.15) is 18.0 Å². The number of amides is 1. The average molecular weight is 453 g/mol. The van der Waals surface area contributed by atoms with Gasteiger partial charge in [0.05, 0.1) is 27.4 Å². The van der Waals surface area contributed by atoms with Gasteiger partial charge in [-0.25, -0.2) is 0 Å². The van der Waals surface area contributed by atoms with Crippen molar-refractivity contribution in [2.24, 2.45) is 0 Å². The van der Waals surface area contributed by atoms with Crippen molar-refractivity contribution in [1.29, 1.82) is 0 Å². The molecule has 1 N–H and O–H groups in total. The quantitative estimate of drug-likeness (QED) is 0.556. The van der Waals surface area contributed by atoms with Gasteiger partial charge in [0.25, 0.3) is 0 Å². The number of hydrogen-bond donors (Lipinski definition) is 1. The van der Waals surface area contributed by atoms with E-state index in [2.05, 4.69) is 5.32 Å². The lowest BCUT2D eigenvalue weighted by Gasteiger charge is -2.21. The lowest BCUT2D eigenvalue weighted by Crippen LogP contribution is -2.26. The van der Waals surface area contributed by atoms with E-state index in [0.29, 0.717) is 41.4 Å². The molecule has 1 heterocycles. The van der Waals surface area contributed by atoms with E-state index in [0.717, 1.165) is 27.6 Å². The van der Waals surface area contributed by atoms with E-state index < -0.39 is 0 Å². The molecule has 2 aromatic carbocycles. The number of aryl methyl sites for hydroxylation is 1. The number of carbonyl (C=O) groups is 2. The Hall–Kier alpha value is -3.68. The van der Waals surface area contributed by atoms with Crippen molar-refractivity contribution in [1.82, 2.24) is 5.32 Å². The van der Waals surface area contributed by atoms with Crippen molar-refractivity contribution < 1.29 is 33.0 Å². The Morgan fingerprint density at radius 1 is 1.03 bits per heavy atom. The van der Waals surface area contributed by atoms with Crippen LogP contribution >= 0.6 is 0 Å². The van der Waals surface area contributed by atoms with Gasteiger partial charge in [0, 0.05) is 24.8 Å². The summed E-state index contributed by atoms with van der Waals surface area (Å²) in [5.41, 5.74) is 4.39. The van der Waals surface area contributed by atoms with Crippen LogP contribution in [0.2, 0.25) is 0 Å². The fourth-order valence-corrected chi connectivity index (χ4v) is 4.46. The zero-order chi connectivity index (χ0) is 23.7. The zero-order valence-electron chi connectivity index (χ0n) is 19.4. The molecule has 1 amide bonds. The smallest absolute Gasteiger partial charge is 0.303 e. The second kappa shape index (κ2) is 9.05. The fourth-order valence-electron chi connectivity index (χ4n) is 4.46. The van der Waals surface area contributed by atoms with Crippen molar-refractivity contribution in [3.05, 3.63) is 41.2 Å². The first-order valence-corrected chi connectivity index (χ1v) is 10.6. The number of esters is 1. The second-order valence-corrected chi connectivity index (χ2v) is 7.94. The summed E-state index contributed by atoms with van der Waals surface area (Å²) in [4.78, 5) is 23.2. The van der Waals surface area contributed by atoms with E-state index in [4.69, 9.17) is 23.4 Å². The molecule has 8 nitrogen and oxygen atoms in total. The van der Waals surface area contributed by atoms with Crippen LogP contribution in [0.3, 0.4) is 0 Å². The molecular weight excluding hydrogens is 426 g/mol. The van der Waals surface area contributed by atoms with Crippen LogP contribution in [-0.4, -0.2) is 33.2 Å². The molecule has 0 saturated heterocycles. The minimum atomic E-state index is -0.378. The van der Waals surface area contributed by atoms with E-state index in [1.54, 1.807) is 21.3 Å². The summed E-state index contributed by atoms with van der Waals surface area (Å²) < 4.78 is 28.0. The maximum absolute atomic E-state index is 12.0. The molecular formula is C25H27NO7. The van der Waals surface area contributed by atoms with Crippen molar-refractivity contribution >= 4 is 22.8 Å². The molecule has 1 atom stereocenters. The van der Waals surface area contributed by atoms with Gasteiger partial charge < -0.3 is 28.7 Å². The SMILES string of the molecule is COc1cc2c(c(OC)c1OC)-c1cc3cc(COC(C)=O)oc3cc1[C@@H](NC(C)=O)CC2. The Labute approximate surface area is 191 Å². The minimum Gasteiger partial charge on any atom is -0.493 e. The first-order chi connectivity index (χ1) is 15.9. The Morgan fingerprint density at radius 2 is 1.79 bits per heavy atom. The Balaban J connectivity index is 1.97. The molecule has 0 radical (unpaired) electrons. The number of rotatable bonds is 6. The van der Waals surface area contributed by atoms with Gasteiger partial charge in [-0.1, -0.05) is 0 Å². The van der Waals surface area contributed by atoms with E-state index in [1.165, 1.54) is 13.8 Å². The number of hydrogen-bond acceptors (Lipinski definition) is 7. The lowest BCUT2D eigenvalue weighted by atomic mass is 9.92. The zero-order valence-corrected chi connectivity index (χ0v) is 19.4. The number of methoxy groups -OCH3 is 3. The van der Waals surface area contributed by atoms with Crippen molar-refractivity contribution in [2.75, 3.05) is 21.3 Å². The van der Waals surface area contributed by atoms with Gasteiger partial charge in [0.15, 0.2) is 11.5 Å². The summed E-state index contributed by atoms with van der Waals surface area (Å²) in [6, 6.07) is 7.54. The molecule has 4 rings (SSSR count). The minimum absolute atomic E-state index is 0.0503. The molecule has 33 heavy (non-hydrogen) atoms. The Kier molecular flexibility index (Phi) is 6.18. The number of carbonyl (C=O) groups excluding carboxylic acids is 2. The third-order valence-electron chi connectivity index (χ3n) is 5.79. The van der Waals surface area contributed by atoms with E-state index in [9.17, 15) is 9.59 Å². The van der Waals surface area contributed by atoms with E-state index in [1.807, 2.05) is 24.3 Å². The van der Waals surface area contributed by atoms with Crippen LogP contribution < -0.4 is 19.5 Å². The largest absolute Gasteiger partial charge is 0.493 e. The first kappa shape index (κ1) is 22.5. The highest BCUT2D eigenvalue weighted by Crippen LogP contribution is 2.51. The number of nitrogens with one attached hydrogen (secondary N) is 1. The van der Waals surface area contributed by atoms with Crippen molar-refractivity contribution in [3.63, 3.8) is 0 Å². The van der Waals surface area contributed by atoms with Crippen LogP contribution in [0.25, 0.3) is 22.1 Å². The summed E-state index contributed by atoms with van der Waals surface area (Å²) in [5, 5.41) is 3.92. The predicted molar refractivity (Wildman–Crippen MR) is 122 cm³/mol. The third kappa shape index (κ3) is 4.20. The maximum Gasteiger partial charge on any atom is 0.303 e. The van der Waals surface area contributed by atoms with Crippen LogP contribution in [0.1, 0.15) is 43.2 Å².